The van der Waals surface area contributed by atoms with Gasteiger partial charge in [0.05, 0.1) is 11.9 Å². The molecule has 5 nitrogen and oxygen atoms in total. The van der Waals surface area contributed by atoms with Gasteiger partial charge in [-0.1, -0.05) is 17.3 Å². The van der Waals surface area contributed by atoms with Crippen LogP contribution in [0, 0.1) is 6.92 Å². The number of para-hydroxylation sites is 1. The number of nitrogens with one attached hydrogen (secondary N) is 1. The molecule has 2 aromatic heterocycles. The first kappa shape index (κ1) is 8.96. The lowest BCUT2D eigenvalue weighted by molar-refractivity contribution is 0.451. The smallest absolute Gasteiger partial charge is 0.175 e. The maximum Gasteiger partial charge on any atom is 0.175 e. The summed E-state index contributed by atoms with van der Waals surface area (Å²) in [6.07, 6.45) is 1.68. The zero-order valence-corrected chi connectivity index (χ0v) is 8.69. The zero-order valence-electron chi connectivity index (χ0n) is 8.69. The summed E-state index contributed by atoms with van der Waals surface area (Å²) in [5.74, 6) is 0.529. The van der Waals surface area contributed by atoms with Crippen molar-refractivity contribution < 1.29 is 4.52 Å². The number of nitrogens with two attached hydrogens (primary N) is 1. The van der Waals surface area contributed by atoms with Crippen molar-refractivity contribution in [3.63, 3.8) is 0 Å². The second-order valence-corrected chi connectivity index (χ2v) is 3.65. The van der Waals surface area contributed by atoms with E-state index in [0.29, 0.717) is 5.82 Å². The SMILES string of the molecule is Cc1noc2c(-c3cn[nH]c3N)cccc12. The van der Waals surface area contributed by atoms with Crippen molar-refractivity contribution in [1.29, 1.82) is 0 Å². The summed E-state index contributed by atoms with van der Waals surface area (Å²) < 4.78 is 5.31. The number of benzene rings is 1. The van der Waals surface area contributed by atoms with Crippen molar-refractivity contribution >= 4 is 16.8 Å². The number of nitrogen functional groups attached to an aromatic ring is 1. The number of hydrogen-bond donors (Lipinski definition) is 2. The molecule has 1 aromatic carbocycles. The zero-order chi connectivity index (χ0) is 11.1. The number of aryl methyl sites for hydroxylation is 1. The van der Waals surface area contributed by atoms with E-state index in [-0.39, 0.29) is 0 Å². The van der Waals surface area contributed by atoms with Gasteiger partial charge in [-0.15, -0.1) is 0 Å². The van der Waals surface area contributed by atoms with Gasteiger partial charge in [-0.2, -0.15) is 5.10 Å². The standard InChI is InChI=1S/C11H10N4O/c1-6-7-3-2-4-8(10(7)16-15-6)9-5-13-14-11(9)12/h2-5H,1H3,(H3,12,13,14). The molecule has 0 atom stereocenters. The summed E-state index contributed by atoms with van der Waals surface area (Å²) in [5.41, 5.74) is 9.15. The molecule has 3 aromatic rings. The van der Waals surface area contributed by atoms with E-state index < -0.39 is 0 Å². The average Bonchev–Trinajstić information content (AvgIpc) is 2.86. The lowest BCUT2D eigenvalue weighted by Crippen LogP contribution is -1.87. The Hall–Kier alpha value is -2.30. The normalized spacial score (nSPS) is 11.1. The Morgan fingerprint density at radius 1 is 1.31 bits per heavy atom. The van der Waals surface area contributed by atoms with Crippen LogP contribution in [-0.4, -0.2) is 15.4 Å². The Morgan fingerprint density at radius 2 is 2.19 bits per heavy atom. The van der Waals surface area contributed by atoms with Crippen LogP contribution in [0.2, 0.25) is 0 Å². The predicted octanol–water partition coefficient (Wildman–Crippen LogP) is 2.11. The largest absolute Gasteiger partial charge is 0.384 e. The topological polar surface area (TPSA) is 80.7 Å². The van der Waals surface area contributed by atoms with Crippen LogP contribution in [0.4, 0.5) is 5.82 Å². The second kappa shape index (κ2) is 3.10. The van der Waals surface area contributed by atoms with E-state index in [9.17, 15) is 0 Å². The van der Waals surface area contributed by atoms with E-state index in [1.807, 2.05) is 25.1 Å². The summed E-state index contributed by atoms with van der Waals surface area (Å²) in [6, 6.07) is 5.86. The molecule has 0 unspecified atom stereocenters. The van der Waals surface area contributed by atoms with Gasteiger partial charge in [-0.25, -0.2) is 0 Å². The van der Waals surface area contributed by atoms with Gasteiger partial charge in [0.1, 0.15) is 5.82 Å². The molecule has 0 fully saturated rings. The third-order valence-corrected chi connectivity index (χ3v) is 2.64. The van der Waals surface area contributed by atoms with Gasteiger partial charge < -0.3 is 10.3 Å². The average molecular weight is 214 g/mol. The minimum atomic E-state index is 0.529. The van der Waals surface area contributed by atoms with Crippen LogP contribution >= 0.6 is 0 Å². The van der Waals surface area contributed by atoms with Crippen molar-refractivity contribution in [2.75, 3.05) is 5.73 Å². The Labute approximate surface area is 91.2 Å². The maximum absolute atomic E-state index is 5.79. The third kappa shape index (κ3) is 1.11. The Balaban J connectivity index is 2.36. The first-order chi connectivity index (χ1) is 7.77. The Kier molecular flexibility index (Phi) is 1.73. The van der Waals surface area contributed by atoms with Gasteiger partial charge in [0.15, 0.2) is 5.58 Å². The molecule has 0 aliphatic carbocycles. The van der Waals surface area contributed by atoms with Crippen molar-refractivity contribution in [2.24, 2.45) is 0 Å². The highest BCUT2D eigenvalue weighted by Gasteiger charge is 2.13. The van der Waals surface area contributed by atoms with E-state index in [0.717, 1.165) is 27.8 Å². The number of aromatic amines is 1. The lowest BCUT2D eigenvalue weighted by Gasteiger charge is -1.99. The number of nitrogens with zero attached hydrogens (tertiary/aromatic N) is 2. The van der Waals surface area contributed by atoms with Crippen LogP contribution in [0.25, 0.3) is 22.1 Å². The van der Waals surface area contributed by atoms with Crippen molar-refractivity contribution in [1.82, 2.24) is 15.4 Å². The first-order valence-corrected chi connectivity index (χ1v) is 4.91. The number of rotatable bonds is 1. The van der Waals surface area contributed by atoms with Crippen molar-refractivity contribution in [3.05, 3.63) is 30.1 Å². The number of hydrogen-bond acceptors (Lipinski definition) is 4. The fraction of sp³-hybridized carbons (Fsp3) is 0.0909. The molecular formula is C11H10N4O. The lowest BCUT2D eigenvalue weighted by atomic mass is 10.1. The number of aromatic nitrogens is 3. The molecule has 3 rings (SSSR count). The highest BCUT2D eigenvalue weighted by atomic mass is 16.5. The van der Waals surface area contributed by atoms with Crippen LogP contribution in [0.3, 0.4) is 0 Å². The molecule has 0 amide bonds. The maximum atomic E-state index is 5.79. The van der Waals surface area contributed by atoms with Crippen molar-refractivity contribution in [2.45, 2.75) is 6.92 Å². The molecule has 3 N–H and O–H groups in total. The molecule has 0 saturated heterocycles. The van der Waals surface area contributed by atoms with Gasteiger partial charge >= 0.3 is 0 Å². The van der Waals surface area contributed by atoms with E-state index in [2.05, 4.69) is 15.4 Å². The summed E-state index contributed by atoms with van der Waals surface area (Å²) in [4.78, 5) is 0. The van der Waals surface area contributed by atoms with E-state index in [4.69, 9.17) is 10.3 Å². The Bertz CT molecular complexity index is 653. The van der Waals surface area contributed by atoms with Gasteiger partial charge in [0.25, 0.3) is 0 Å². The van der Waals surface area contributed by atoms with E-state index >= 15 is 0 Å². The summed E-state index contributed by atoms with van der Waals surface area (Å²) in [5, 5.41) is 11.6. The Morgan fingerprint density at radius 3 is 2.94 bits per heavy atom. The third-order valence-electron chi connectivity index (χ3n) is 2.64. The predicted molar refractivity (Wildman–Crippen MR) is 60.7 cm³/mol. The molecule has 0 saturated carbocycles. The quantitative estimate of drug-likeness (QED) is 0.650. The molecule has 16 heavy (non-hydrogen) atoms. The van der Waals surface area contributed by atoms with Crippen LogP contribution in [0.15, 0.2) is 28.9 Å². The summed E-state index contributed by atoms with van der Waals surface area (Å²) in [6.45, 7) is 1.91. The minimum absolute atomic E-state index is 0.529. The van der Waals surface area contributed by atoms with Crippen LogP contribution < -0.4 is 5.73 Å². The minimum Gasteiger partial charge on any atom is -0.384 e. The van der Waals surface area contributed by atoms with Gasteiger partial charge in [-0.3, -0.25) is 5.10 Å². The second-order valence-electron chi connectivity index (χ2n) is 3.65. The highest BCUT2D eigenvalue weighted by molar-refractivity contribution is 5.95. The fourth-order valence-corrected chi connectivity index (χ4v) is 1.81. The molecule has 5 heteroatoms. The summed E-state index contributed by atoms with van der Waals surface area (Å²) in [7, 11) is 0. The molecule has 0 bridgehead atoms. The van der Waals surface area contributed by atoms with E-state index in [1.54, 1.807) is 6.20 Å². The van der Waals surface area contributed by atoms with Gasteiger partial charge in [0.2, 0.25) is 0 Å². The van der Waals surface area contributed by atoms with Crippen LogP contribution in [0.1, 0.15) is 5.69 Å². The molecule has 0 radical (unpaired) electrons. The molecule has 0 aliphatic rings. The van der Waals surface area contributed by atoms with Crippen LogP contribution in [0.5, 0.6) is 0 Å². The molecule has 80 valence electrons. The molecular weight excluding hydrogens is 204 g/mol. The highest BCUT2D eigenvalue weighted by Crippen LogP contribution is 2.32. The number of H-pyrrole nitrogens is 1. The first-order valence-electron chi connectivity index (χ1n) is 4.91. The molecule has 0 spiro atoms. The van der Waals surface area contributed by atoms with Gasteiger partial charge in [0, 0.05) is 16.5 Å². The van der Waals surface area contributed by atoms with Crippen molar-refractivity contribution in [3.8, 4) is 11.1 Å². The van der Waals surface area contributed by atoms with E-state index in [1.165, 1.54) is 0 Å². The monoisotopic (exact) mass is 214 g/mol. The number of anilines is 1. The molecule has 2 heterocycles. The number of fused-ring (bicyclic) bond motifs is 1. The fourth-order valence-electron chi connectivity index (χ4n) is 1.81. The van der Waals surface area contributed by atoms with Gasteiger partial charge in [-0.05, 0) is 13.0 Å². The van der Waals surface area contributed by atoms with Crippen LogP contribution in [-0.2, 0) is 0 Å². The summed E-state index contributed by atoms with van der Waals surface area (Å²) >= 11 is 0. The molecule has 0 aliphatic heterocycles.